The van der Waals surface area contributed by atoms with Crippen LogP contribution in [0.2, 0.25) is 0 Å². The number of amides is 1. The molecule has 6 heteroatoms. The molecule has 0 aliphatic carbocycles. The first kappa shape index (κ1) is 17.7. The van der Waals surface area contributed by atoms with Crippen LogP contribution in [0.4, 0.5) is 0 Å². The van der Waals surface area contributed by atoms with Gasteiger partial charge in [-0.2, -0.15) is 5.10 Å². The molecule has 1 heterocycles. The molecule has 26 heavy (non-hydrogen) atoms. The van der Waals surface area contributed by atoms with Gasteiger partial charge in [0.2, 0.25) is 11.3 Å². The van der Waals surface area contributed by atoms with Crippen LogP contribution in [0, 0.1) is 0 Å². The van der Waals surface area contributed by atoms with Crippen LogP contribution in [0.5, 0.6) is 5.75 Å². The van der Waals surface area contributed by atoms with E-state index >= 15 is 0 Å². The van der Waals surface area contributed by atoms with Gasteiger partial charge in [0.1, 0.15) is 12.3 Å². The molecule has 0 fully saturated rings. The maximum absolute atomic E-state index is 12.7. The molecule has 1 atom stereocenters. The van der Waals surface area contributed by atoms with Crippen molar-refractivity contribution in [1.82, 2.24) is 14.7 Å². The normalized spacial score (nSPS) is 12.0. The Balaban J connectivity index is 1.81. The Morgan fingerprint density at radius 2 is 1.88 bits per heavy atom. The predicted octanol–water partition coefficient (Wildman–Crippen LogP) is 2.62. The molecule has 1 amide bonds. The molecule has 0 aliphatic heterocycles. The van der Waals surface area contributed by atoms with E-state index in [1.807, 2.05) is 37.3 Å². The fraction of sp³-hybridized carbons (Fsp3) is 0.250. The first-order valence-corrected chi connectivity index (χ1v) is 8.35. The van der Waals surface area contributed by atoms with E-state index in [0.717, 1.165) is 11.3 Å². The van der Waals surface area contributed by atoms with Gasteiger partial charge in [-0.25, -0.2) is 0 Å². The molecule has 0 saturated carbocycles. The Morgan fingerprint density at radius 1 is 1.19 bits per heavy atom. The minimum absolute atomic E-state index is 0.0673. The number of fused-ring (bicyclic) bond motifs is 1. The Labute approximate surface area is 151 Å². The maximum Gasteiger partial charge on any atom is 0.244 e. The summed E-state index contributed by atoms with van der Waals surface area (Å²) in [6.45, 7) is 2.04. The van der Waals surface area contributed by atoms with Gasteiger partial charge < -0.3 is 9.64 Å². The van der Waals surface area contributed by atoms with E-state index in [2.05, 4.69) is 5.10 Å². The number of carbonyl (C=O) groups excluding carboxylic acids is 1. The van der Waals surface area contributed by atoms with Gasteiger partial charge in [-0.15, -0.1) is 0 Å². The van der Waals surface area contributed by atoms with Gasteiger partial charge in [0.25, 0.3) is 0 Å². The van der Waals surface area contributed by atoms with E-state index in [4.69, 9.17) is 4.74 Å². The second-order valence-electron chi connectivity index (χ2n) is 6.14. The van der Waals surface area contributed by atoms with Crippen LogP contribution in [0.1, 0.15) is 18.5 Å². The zero-order chi connectivity index (χ0) is 18.7. The minimum atomic E-state index is -0.149. The highest BCUT2D eigenvalue weighted by Gasteiger charge is 2.18. The van der Waals surface area contributed by atoms with Gasteiger partial charge in [0, 0.05) is 12.4 Å². The highest BCUT2D eigenvalue weighted by atomic mass is 16.5. The van der Waals surface area contributed by atoms with Crippen LogP contribution in [-0.4, -0.2) is 34.7 Å². The minimum Gasteiger partial charge on any atom is -0.497 e. The summed E-state index contributed by atoms with van der Waals surface area (Å²) in [7, 11) is 3.39. The van der Waals surface area contributed by atoms with Gasteiger partial charge >= 0.3 is 0 Å². The van der Waals surface area contributed by atoms with Crippen molar-refractivity contribution in [1.29, 1.82) is 0 Å². The smallest absolute Gasteiger partial charge is 0.244 e. The number of para-hydroxylation sites is 1. The molecule has 6 nitrogen and oxygen atoms in total. The first-order valence-electron chi connectivity index (χ1n) is 8.35. The van der Waals surface area contributed by atoms with Crippen molar-refractivity contribution in [3.8, 4) is 5.75 Å². The number of methoxy groups -OCH3 is 1. The third-order valence-corrected chi connectivity index (χ3v) is 4.62. The van der Waals surface area contributed by atoms with Crippen LogP contribution in [-0.2, 0) is 11.3 Å². The molecule has 0 bridgehead atoms. The summed E-state index contributed by atoms with van der Waals surface area (Å²) in [5, 5.41) is 4.68. The Bertz CT molecular complexity index is 980. The average molecular weight is 351 g/mol. The van der Waals surface area contributed by atoms with Crippen molar-refractivity contribution in [2.24, 2.45) is 0 Å². The summed E-state index contributed by atoms with van der Waals surface area (Å²) < 4.78 is 6.73. The third kappa shape index (κ3) is 3.44. The third-order valence-electron chi connectivity index (χ3n) is 4.62. The number of aromatic nitrogens is 2. The van der Waals surface area contributed by atoms with Crippen LogP contribution in [0.3, 0.4) is 0 Å². The molecule has 0 saturated heterocycles. The molecule has 2 aromatic carbocycles. The molecule has 3 rings (SSSR count). The van der Waals surface area contributed by atoms with Gasteiger partial charge in [-0.3, -0.25) is 14.3 Å². The van der Waals surface area contributed by atoms with E-state index in [1.165, 1.54) is 6.20 Å². The topological polar surface area (TPSA) is 64.4 Å². The van der Waals surface area contributed by atoms with Crippen LogP contribution in [0.15, 0.2) is 59.5 Å². The molecular weight excluding hydrogens is 330 g/mol. The van der Waals surface area contributed by atoms with E-state index in [-0.39, 0.29) is 23.9 Å². The second kappa shape index (κ2) is 7.39. The number of likely N-dealkylation sites (N-methyl/N-ethyl adjacent to an activating group) is 1. The van der Waals surface area contributed by atoms with E-state index in [0.29, 0.717) is 10.9 Å². The standard InChI is InChI=1S/C20H21N3O3/c1-14(15-8-10-16(26-3)11-9-15)22(2)20(25)13-23-18-7-5-4-6-17(18)19(24)12-21-23/h4-12,14H,13H2,1-3H3. The molecule has 1 aromatic heterocycles. The SMILES string of the molecule is COc1ccc(C(C)N(C)C(=O)Cn2ncc(=O)c3ccccc32)cc1. The molecule has 0 aliphatic rings. The van der Waals surface area contributed by atoms with Crippen LogP contribution < -0.4 is 10.2 Å². The van der Waals surface area contributed by atoms with Crippen molar-refractivity contribution < 1.29 is 9.53 Å². The van der Waals surface area contributed by atoms with Crippen molar-refractivity contribution in [2.75, 3.05) is 14.2 Å². The van der Waals surface area contributed by atoms with Gasteiger partial charge in [-0.1, -0.05) is 24.3 Å². The number of benzene rings is 2. The van der Waals surface area contributed by atoms with Crippen molar-refractivity contribution in [3.63, 3.8) is 0 Å². The quantitative estimate of drug-likeness (QED) is 0.709. The molecule has 0 spiro atoms. The van der Waals surface area contributed by atoms with Gasteiger partial charge in [0.15, 0.2) is 0 Å². The monoisotopic (exact) mass is 351 g/mol. The summed E-state index contributed by atoms with van der Waals surface area (Å²) in [6, 6.07) is 14.7. The largest absolute Gasteiger partial charge is 0.497 e. The second-order valence-corrected chi connectivity index (χ2v) is 6.14. The summed E-state index contributed by atoms with van der Waals surface area (Å²) in [5.41, 5.74) is 1.52. The zero-order valence-corrected chi connectivity index (χ0v) is 15.0. The number of rotatable bonds is 5. The summed E-state index contributed by atoms with van der Waals surface area (Å²) >= 11 is 0. The molecular formula is C20H21N3O3. The molecule has 3 aromatic rings. The number of carbonyl (C=O) groups is 1. The molecule has 0 radical (unpaired) electrons. The lowest BCUT2D eigenvalue weighted by Gasteiger charge is -2.26. The highest BCUT2D eigenvalue weighted by Crippen LogP contribution is 2.22. The average Bonchev–Trinajstić information content (AvgIpc) is 2.69. The van der Waals surface area contributed by atoms with Crippen molar-refractivity contribution in [3.05, 3.63) is 70.5 Å². The number of ether oxygens (including phenoxy) is 1. The van der Waals surface area contributed by atoms with E-state index in [9.17, 15) is 9.59 Å². The van der Waals surface area contributed by atoms with Crippen LogP contribution >= 0.6 is 0 Å². The fourth-order valence-electron chi connectivity index (χ4n) is 2.85. The summed E-state index contributed by atoms with van der Waals surface area (Å²) in [4.78, 5) is 26.3. The maximum atomic E-state index is 12.7. The van der Waals surface area contributed by atoms with E-state index < -0.39 is 0 Å². The van der Waals surface area contributed by atoms with E-state index in [1.54, 1.807) is 41.9 Å². The summed E-state index contributed by atoms with van der Waals surface area (Å²) in [6.07, 6.45) is 1.25. The zero-order valence-electron chi connectivity index (χ0n) is 15.0. The highest BCUT2D eigenvalue weighted by molar-refractivity contribution is 5.81. The number of hydrogen-bond acceptors (Lipinski definition) is 4. The molecule has 134 valence electrons. The fourth-order valence-corrected chi connectivity index (χ4v) is 2.85. The lowest BCUT2D eigenvalue weighted by atomic mass is 10.1. The number of hydrogen-bond donors (Lipinski definition) is 0. The van der Waals surface area contributed by atoms with Gasteiger partial charge in [-0.05, 0) is 36.8 Å². The lowest BCUT2D eigenvalue weighted by Crippen LogP contribution is -2.33. The Morgan fingerprint density at radius 3 is 2.58 bits per heavy atom. The van der Waals surface area contributed by atoms with Crippen molar-refractivity contribution >= 4 is 16.8 Å². The van der Waals surface area contributed by atoms with Crippen molar-refractivity contribution in [2.45, 2.75) is 19.5 Å². The predicted molar refractivity (Wildman–Crippen MR) is 100 cm³/mol. The molecule has 1 unspecified atom stereocenters. The molecule has 0 N–H and O–H groups in total. The first-order chi connectivity index (χ1) is 12.5. The van der Waals surface area contributed by atoms with Gasteiger partial charge in [0.05, 0.1) is 24.9 Å². The van der Waals surface area contributed by atoms with Crippen LogP contribution in [0.25, 0.3) is 10.9 Å². The Kier molecular flexibility index (Phi) is 5.02. The Hall–Kier alpha value is -3.15. The number of nitrogens with zero attached hydrogens (tertiary/aromatic N) is 3. The summed E-state index contributed by atoms with van der Waals surface area (Å²) in [5.74, 6) is 0.688. The lowest BCUT2D eigenvalue weighted by molar-refractivity contribution is -0.132.